The number of thiophene rings is 1. The predicted molar refractivity (Wildman–Crippen MR) is 121 cm³/mol. The quantitative estimate of drug-likeness (QED) is 0.378. The Morgan fingerprint density at radius 3 is 2.17 bits per heavy atom. The van der Waals surface area contributed by atoms with Crippen molar-refractivity contribution >= 4 is 33.2 Å². The van der Waals surface area contributed by atoms with Crippen LogP contribution in [0.4, 0.5) is 5.95 Å². The highest BCUT2D eigenvalue weighted by atomic mass is 32.1. The van der Waals surface area contributed by atoms with Gasteiger partial charge in [0.2, 0.25) is 5.95 Å². The van der Waals surface area contributed by atoms with E-state index in [1.165, 1.54) is 15.9 Å². The molecule has 29 heavy (non-hydrogen) atoms. The average molecular weight is 403 g/mol. The SMILES string of the molecule is CC(C)c1csc2nc(NN=C(c3ccccc3)c3ccccc3)n(C)c(=O)c12. The number of hydrazone groups is 1. The predicted octanol–water partition coefficient (Wildman–Crippen LogP) is 4.98. The topological polar surface area (TPSA) is 59.3 Å². The first-order chi connectivity index (χ1) is 14.1. The summed E-state index contributed by atoms with van der Waals surface area (Å²) in [5.74, 6) is 0.696. The number of fused-ring (bicyclic) bond motifs is 1. The lowest BCUT2D eigenvalue weighted by Crippen LogP contribution is -2.22. The summed E-state index contributed by atoms with van der Waals surface area (Å²) in [6, 6.07) is 19.9. The number of hydrogen-bond donors (Lipinski definition) is 1. The summed E-state index contributed by atoms with van der Waals surface area (Å²) in [5, 5.41) is 7.36. The van der Waals surface area contributed by atoms with Crippen molar-refractivity contribution in [2.75, 3.05) is 5.43 Å². The van der Waals surface area contributed by atoms with Crippen molar-refractivity contribution in [1.29, 1.82) is 0 Å². The summed E-state index contributed by atoms with van der Waals surface area (Å²) in [5.41, 5.74) is 6.77. The monoisotopic (exact) mass is 402 g/mol. The largest absolute Gasteiger partial charge is 0.280 e. The molecule has 0 fully saturated rings. The molecule has 0 saturated carbocycles. The molecule has 0 amide bonds. The molecule has 0 unspecified atom stereocenters. The Hall–Kier alpha value is -3.25. The standard InChI is InChI=1S/C23H22N4OS/c1-15(2)18-14-29-21-19(18)22(28)27(3)23(24-21)26-25-20(16-10-6-4-7-11-16)17-12-8-5-9-13-17/h4-15H,1-3H3,(H,24,26). The fourth-order valence-corrected chi connectivity index (χ4v) is 4.30. The van der Waals surface area contributed by atoms with E-state index in [-0.39, 0.29) is 11.5 Å². The Kier molecular flexibility index (Phi) is 5.27. The third-order valence-electron chi connectivity index (χ3n) is 4.83. The van der Waals surface area contributed by atoms with Crippen molar-refractivity contribution in [1.82, 2.24) is 9.55 Å². The van der Waals surface area contributed by atoms with Gasteiger partial charge in [0.05, 0.1) is 11.1 Å². The second-order valence-corrected chi connectivity index (χ2v) is 7.99. The summed E-state index contributed by atoms with van der Waals surface area (Å²) < 4.78 is 1.53. The summed E-state index contributed by atoms with van der Waals surface area (Å²) in [6.07, 6.45) is 0. The van der Waals surface area contributed by atoms with Gasteiger partial charge >= 0.3 is 0 Å². The smallest absolute Gasteiger partial charge is 0.263 e. The van der Waals surface area contributed by atoms with Crippen molar-refractivity contribution in [2.45, 2.75) is 19.8 Å². The van der Waals surface area contributed by atoms with E-state index < -0.39 is 0 Å². The number of benzene rings is 2. The van der Waals surface area contributed by atoms with E-state index in [1.807, 2.05) is 66.0 Å². The third-order valence-corrected chi connectivity index (χ3v) is 5.72. The normalized spacial score (nSPS) is 11.0. The van der Waals surface area contributed by atoms with Crippen molar-refractivity contribution in [3.63, 3.8) is 0 Å². The maximum Gasteiger partial charge on any atom is 0.263 e. The molecule has 2 aromatic carbocycles. The molecule has 4 rings (SSSR count). The maximum atomic E-state index is 13.0. The molecule has 0 spiro atoms. The number of rotatable bonds is 5. The molecule has 146 valence electrons. The second-order valence-electron chi connectivity index (χ2n) is 7.13. The highest BCUT2D eigenvalue weighted by Crippen LogP contribution is 2.28. The Balaban J connectivity index is 1.79. The highest BCUT2D eigenvalue weighted by Gasteiger charge is 2.16. The summed E-state index contributed by atoms with van der Waals surface area (Å²) in [7, 11) is 1.72. The molecular formula is C23H22N4OS. The van der Waals surface area contributed by atoms with Crippen LogP contribution < -0.4 is 11.0 Å². The molecule has 2 heterocycles. The van der Waals surface area contributed by atoms with Gasteiger partial charge in [-0.15, -0.1) is 11.3 Å². The zero-order valence-electron chi connectivity index (χ0n) is 16.6. The minimum Gasteiger partial charge on any atom is -0.280 e. The van der Waals surface area contributed by atoms with Gasteiger partial charge in [0, 0.05) is 18.2 Å². The zero-order chi connectivity index (χ0) is 20.4. The van der Waals surface area contributed by atoms with Gasteiger partial charge < -0.3 is 0 Å². The molecule has 0 aliphatic heterocycles. The van der Waals surface area contributed by atoms with Gasteiger partial charge in [0.15, 0.2) is 0 Å². The van der Waals surface area contributed by atoms with E-state index in [9.17, 15) is 4.79 Å². The van der Waals surface area contributed by atoms with E-state index in [0.717, 1.165) is 27.2 Å². The van der Waals surface area contributed by atoms with Crippen LogP contribution in [0.1, 0.15) is 36.5 Å². The summed E-state index contributed by atoms with van der Waals surface area (Å²) in [6.45, 7) is 4.17. The van der Waals surface area contributed by atoms with Crippen LogP contribution in [0.2, 0.25) is 0 Å². The first-order valence-corrected chi connectivity index (χ1v) is 10.4. The van der Waals surface area contributed by atoms with Gasteiger partial charge in [-0.3, -0.25) is 9.36 Å². The van der Waals surface area contributed by atoms with Crippen LogP contribution >= 0.6 is 11.3 Å². The van der Waals surface area contributed by atoms with Crippen LogP contribution in [0, 0.1) is 0 Å². The first-order valence-electron chi connectivity index (χ1n) is 9.49. The van der Waals surface area contributed by atoms with Crippen LogP contribution in [0.15, 0.2) is 75.9 Å². The van der Waals surface area contributed by atoms with Gasteiger partial charge in [-0.25, -0.2) is 10.4 Å². The number of hydrogen-bond acceptors (Lipinski definition) is 5. The highest BCUT2D eigenvalue weighted by molar-refractivity contribution is 7.16. The van der Waals surface area contributed by atoms with E-state index in [1.54, 1.807) is 7.05 Å². The fraction of sp³-hybridized carbons (Fsp3) is 0.174. The molecule has 0 atom stereocenters. The lowest BCUT2D eigenvalue weighted by atomic mass is 10.0. The third kappa shape index (κ3) is 3.71. The molecule has 2 aromatic heterocycles. The molecule has 6 heteroatoms. The molecule has 5 nitrogen and oxygen atoms in total. The second kappa shape index (κ2) is 8.01. The molecule has 1 N–H and O–H groups in total. The van der Waals surface area contributed by atoms with Gasteiger partial charge in [0.1, 0.15) is 4.83 Å². The summed E-state index contributed by atoms with van der Waals surface area (Å²) >= 11 is 1.49. The van der Waals surface area contributed by atoms with Gasteiger partial charge in [-0.1, -0.05) is 74.5 Å². The number of anilines is 1. The Morgan fingerprint density at radius 1 is 1.03 bits per heavy atom. The number of nitrogens with zero attached hydrogens (tertiary/aromatic N) is 3. The molecule has 0 aliphatic carbocycles. The molecule has 0 saturated heterocycles. The minimum atomic E-state index is -0.0568. The summed E-state index contributed by atoms with van der Waals surface area (Å²) in [4.78, 5) is 18.4. The van der Waals surface area contributed by atoms with E-state index in [2.05, 4.69) is 29.4 Å². The lowest BCUT2D eigenvalue weighted by Gasteiger charge is -2.11. The number of nitrogens with one attached hydrogen (secondary N) is 1. The van der Waals surface area contributed by atoms with E-state index in [0.29, 0.717) is 11.3 Å². The van der Waals surface area contributed by atoms with Crippen molar-refractivity contribution < 1.29 is 0 Å². The Morgan fingerprint density at radius 2 is 1.62 bits per heavy atom. The zero-order valence-corrected chi connectivity index (χ0v) is 17.4. The fourth-order valence-electron chi connectivity index (χ4n) is 3.21. The molecule has 4 aromatic rings. The van der Waals surface area contributed by atoms with Crippen molar-refractivity contribution in [3.8, 4) is 0 Å². The average Bonchev–Trinajstić information content (AvgIpc) is 3.17. The van der Waals surface area contributed by atoms with Crippen LogP contribution in [0.5, 0.6) is 0 Å². The van der Waals surface area contributed by atoms with Gasteiger partial charge in [0.25, 0.3) is 5.56 Å². The minimum absolute atomic E-state index is 0.0568. The molecule has 0 radical (unpaired) electrons. The van der Waals surface area contributed by atoms with Gasteiger partial charge in [-0.2, -0.15) is 5.10 Å². The maximum absolute atomic E-state index is 13.0. The molecule has 0 bridgehead atoms. The van der Waals surface area contributed by atoms with E-state index >= 15 is 0 Å². The number of aromatic nitrogens is 2. The Bertz CT molecular complexity index is 1180. The lowest BCUT2D eigenvalue weighted by molar-refractivity contribution is 0.836. The van der Waals surface area contributed by atoms with Crippen LogP contribution in [0.3, 0.4) is 0 Å². The first kappa shape index (κ1) is 19.1. The van der Waals surface area contributed by atoms with E-state index in [4.69, 9.17) is 0 Å². The van der Waals surface area contributed by atoms with Crippen LogP contribution in [0.25, 0.3) is 10.2 Å². The Labute approximate surface area is 173 Å². The molecule has 0 aliphatic rings. The van der Waals surface area contributed by atoms with Crippen LogP contribution in [-0.4, -0.2) is 15.3 Å². The van der Waals surface area contributed by atoms with Crippen molar-refractivity contribution in [2.24, 2.45) is 12.1 Å². The molecular weight excluding hydrogens is 380 g/mol. The van der Waals surface area contributed by atoms with Crippen LogP contribution in [-0.2, 0) is 7.05 Å². The van der Waals surface area contributed by atoms with Gasteiger partial charge in [-0.05, 0) is 16.9 Å². The van der Waals surface area contributed by atoms with Crippen molar-refractivity contribution in [3.05, 3.63) is 93.1 Å².